The maximum atomic E-state index is 12.1. The van der Waals surface area contributed by atoms with Crippen molar-refractivity contribution in [1.29, 1.82) is 0 Å². The highest BCUT2D eigenvalue weighted by Gasteiger charge is 2.28. The number of hydrogen-bond acceptors (Lipinski definition) is 3. The second kappa shape index (κ2) is 8.21. The first-order valence-electron chi connectivity index (χ1n) is 7.08. The molecule has 0 aromatic heterocycles. The second-order valence-corrected chi connectivity index (χ2v) is 5.33. The van der Waals surface area contributed by atoms with Gasteiger partial charge in [-0.05, 0) is 32.9 Å². The van der Waals surface area contributed by atoms with E-state index in [1.54, 1.807) is 0 Å². The van der Waals surface area contributed by atoms with Crippen LogP contribution in [-0.4, -0.2) is 67.6 Å². The van der Waals surface area contributed by atoms with Crippen LogP contribution in [-0.2, 0) is 9.59 Å². The molecule has 21 heavy (non-hydrogen) atoms. The number of amides is 2. The standard InChI is InChI=1S/C13H22F3N3O2/c1-18(10-13(14,15)16)7-4-6-17-11(20)9-19-8-3-2-5-12(19)21/h2-10H2,1H3,(H,17,20). The molecule has 1 aliphatic rings. The summed E-state index contributed by atoms with van der Waals surface area (Å²) in [6.45, 7) is 0.243. The molecule has 0 spiro atoms. The minimum absolute atomic E-state index is 0.0127. The molecule has 0 aromatic carbocycles. The summed E-state index contributed by atoms with van der Waals surface area (Å²) in [6.07, 6.45) is -1.52. The number of nitrogens with zero attached hydrogens (tertiary/aromatic N) is 2. The van der Waals surface area contributed by atoms with Crippen LogP contribution in [0.5, 0.6) is 0 Å². The number of likely N-dealkylation sites (tertiary alicyclic amines) is 1. The van der Waals surface area contributed by atoms with Crippen molar-refractivity contribution in [3.05, 3.63) is 0 Å². The SMILES string of the molecule is CN(CCCNC(=O)CN1CCCCC1=O)CC(F)(F)F. The lowest BCUT2D eigenvalue weighted by Crippen LogP contribution is -2.43. The van der Waals surface area contributed by atoms with Crippen molar-refractivity contribution < 1.29 is 22.8 Å². The zero-order valence-corrected chi connectivity index (χ0v) is 12.2. The van der Waals surface area contributed by atoms with Crippen molar-refractivity contribution >= 4 is 11.8 Å². The Morgan fingerprint density at radius 3 is 2.71 bits per heavy atom. The van der Waals surface area contributed by atoms with E-state index in [1.807, 2.05) is 0 Å². The largest absolute Gasteiger partial charge is 0.401 e. The lowest BCUT2D eigenvalue weighted by Gasteiger charge is -2.26. The molecule has 1 aliphatic heterocycles. The van der Waals surface area contributed by atoms with E-state index in [-0.39, 0.29) is 24.9 Å². The van der Waals surface area contributed by atoms with Gasteiger partial charge in [-0.1, -0.05) is 0 Å². The lowest BCUT2D eigenvalue weighted by atomic mass is 10.1. The number of carbonyl (C=O) groups is 2. The summed E-state index contributed by atoms with van der Waals surface area (Å²) in [5.41, 5.74) is 0. The predicted octanol–water partition coefficient (Wildman–Crippen LogP) is 0.999. The third kappa shape index (κ3) is 7.89. The first kappa shape index (κ1) is 17.7. The zero-order chi connectivity index (χ0) is 15.9. The van der Waals surface area contributed by atoms with Crippen LogP contribution in [0, 0.1) is 0 Å². The van der Waals surface area contributed by atoms with Gasteiger partial charge in [0.05, 0.1) is 13.1 Å². The molecule has 122 valence electrons. The highest BCUT2D eigenvalue weighted by molar-refractivity contribution is 5.85. The molecule has 0 saturated carbocycles. The summed E-state index contributed by atoms with van der Waals surface area (Å²) in [6, 6.07) is 0. The van der Waals surface area contributed by atoms with Crippen LogP contribution >= 0.6 is 0 Å². The van der Waals surface area contributed by atoms with Crippen molar-refractivity contribution in [3.63, 3.8) is 0 Å². The van der Waals surface area contributed by atoms with Gasteiger partial charge in [-0.25, -0.2) is 0 Å². The molecule has 1 N–H and O–H groups in total. The second-order valence-electron chi connectivity index (χ2n) is 5.33. The molecule has 1 saturated heterocycles. The molecule has 5 nitrogen and oxygen atoms in total. The molecule has 0 atom stereocenters. The van der Waals surface area contributed by atoms with E-state index in [9.17, 15) is 22.8 Å². The fourth-order valence-electron chi connectivity index (χ4n) is 2.22. The molecular formula is C13H22F3N3O2. The van der Waals surface area contributed by atoms with E-state index in [2.05, 4.69) is 5.32 Å². The average molecular weight is 309 g/mol. The van der Waals surface area contributed by atoms with Gasteiger partial charge in [0, 0.05) is 19.5 Å². The summed E-state index contributed by atoms with van der Waals surface area (Å²) in [5, 5.41) is 2.63. The minimum atomic E-state index is -4.20. The Kier molecular flexibility index (Phi) is 6.94. The quantitative estimate of drug-likeness (QED) is 0.714. The number of piperidine rings is 1. The number of carbonyl (C=O) groups excluding carboxylic acids is 2. The molecule has 1 heterocycles. The monoisotopic (exact) mass is 309 g/mol. The van der Waals surface area contributed by atoms with E-state index in [1.165, 1.54) is 16.8 Å². The van der Waals surface area contributed by atoms with Gasteiger partial charge in [-0.2, -0.15) is 13.2 Å². The number of halogens is 3. The molecule has 0 unspecified atom stereocenters. The van der Waals surface area contributed by atoms with Crippen LogP contribution in [0.3, 0.4) is 0 Å². The predicted molar refractivity (Wildman–Crippen MR) is 71.6 cm³/mol. The topological polar surface area (TPSA) is 52.7 Å². The fourth-order valence-corrected chi connectivity index (χ4v) is 2.22. The van der Waals surface area contributed by atoms with Crippen LogP contribution in [0.1, 0.15) is 25.7 Å². The molecule has 0 aliphatic carbocycles. The molecule has 0 bridgehead atoms. The van der Waals surface area contributed by atoms with Crippen molar-refractivity contribution in [2.24, 2.45) is 0 Å². The third-order valence-corrected chi connectivity index (χ3v) is 3.24. The lowest BCUT2D eigenvalue weighted by molar-refractivity contribution is -0.143. The van der Waals surface area contributed by atoms with Crippen molar-refractivity contribution in [3.8, 4) is 0 Å². The highest BCUT2D eigenvalue weighted by atomic mass is 19.4. The molecule has 0 radical (unpaired) electrons. The normalized spacial score (nSPS) is 16.4. The Labute approximate surface area is 122 Å². The van der Waals surface area contributed by atoms with Gasteiger partial charge in [0.2, 0.25) is 11.8 Å². The summed E-state index contributed by atoms with van der Waals surface area (Å²) in [5.74, 6) is -0.273. The molecular weight excluding hydrogens is 287 g/mol. The van der Waals surface area contributed by atoms with E-state index >= 15 is 0 Å². The maximum Gasteiger partial charge on any atom is 0.401 e. The Hall–Kier alpha value is -1.31. The number of hydrogen-bond donors (Lipinski definition) is 1. The molecule has 1 rings (SSSR count). The van der Waals surface area contributed by atoms with Crippen LogP contribution in [0.2, 0.25) is 0 Å². The number of alkyl halides is 3. The van der Waals surface area contributed by atoms with Gasteiger partial charge in [-0.15, -0.1) is 0 Å². The van der Waals surface area contributed by atoms with Gasteiger partial charge in [-0.3, -0.25) is 14.5 Å². The number of nitrogens with one attached hydrogen (secondary N) is 1. The van der Waals surface area contributed by atoms with Gasteiger partial charge in [0.15, 0.2) is 0 Å². The molecule has 8 heteroatoms. The van der Waals surface area contributed by atoms with Crippen molar-refractivity contribution in [1.82, 2.24) is 15.1 Å². The smallest absolute Gasteiger partial charge is 0.355 e. The molecule has 0 aromatic rings. The minimum Gasteiger partial charge on any atom is -0.355 e. The summed E-state index contributed by atoms with van der Waals surface area (Å²) < 4.78 is 36.3. The van der Waals surface area contributed by atoms with Gasteiger partial charge < -0.3 is 10.2 Å². The summed E-state index contributed by atoms with van der Waals surface area (Å²) in [4.78, 5) is 25.8. The Morgan fingerprint density at radius 1 is 1.38 bits per heavy atom. The van der Waals surface area contributed by atoms with Gasteiger partial charge in [0.25, 0.3) is 0 Å². The fraction of sp³-hybridized carbons (Fsp3) is 0.846. The van der Waals surface area contributed by atoms with Crippen LogP contribution in [0.15, 0.2) is 0 Å². The summed E-state index contributed by atoms with van der Waals surface area (Å²) in [7, 11) is 1.39. The Bertz CT molecular complexity index is 361. The van der Waals surface area contributed by atoms with Crippen molar-refractivity contribution in [2.45, 2.75) is 31.9 Å². The first-order valence-corrected chi connectivity index (χ1v) is 7.08. The van der Waals surface area contributed by atoms with E-state index in [0.717, 1.165) is 12.8 Å². The van der Waals surface area contributed by atoms with Gasteiger partial charge in [0.1, 0.15) is 0 Å². The van der Waals surface area contributed by atoms with Gasteiger partial charge >= 0.3 is 6.18 Å². The van der Waals surface area contributed by atoms with Crippen LogP contribution in [0.25, 0.3) is 0 Å². The molecule has 2 amide bonds. The van der Waals surface area contributed by atoms with E-state index in [0.29, 0.717) is 25.9 Å². The Morgan fingerprint density at radius 2 is 2.10 bits per heavy atom. The number of rotatable bonds is 7. The van der Waals surface area contributed by atoms with E-state index < -0.39 is 12.7 Å². The van der Waals surface area contributed by atoms with E-state index in [4.69, 9.17) is 0 Å². The highest BCUT2D eigenvalue weighted by Crippen LogP contribution is 2.15. The molecule has 1 fully saturated rings. The average Bonchev–Trinajstić information content (AvgIpc) is 2.35. The van der Waals surface area contributed by atoms with Crippen molar-refractivity contribution in [2.75, 3.05) is 39.8 Å². The maximum absolute atomic E-state index is 12.1. The third-order valence-electron chi connectivity index (χ3n) is 3.24. The summed E-state index contributed by atoms with van der Waals surface area (Å²) >= 11 is 0. The zero-order valence-electron chi connectivity index (χ0n) is 12.2. The van der Waals surface area contributed by atoms with Crippen LogP contribution in [0.4, 0.5) is 13.2 Å². The van der Waals surface area contributed by atoms with Crippen LogP contribution < -0.4 is 5.32 Å². The Balaban J connectivity index is 2.12. The first-order chi connectivity index (χ1) is 9.78.